The van der Waals surface area contributed by atoms with Gasteiger partial charge in [-0.05, 0) is 30.4 Å². The van der Waals surface area contributed by atoms with Gasteiger partial charge < -0.3 is 10.8 Å². The topological polar surface area (TPSA) is 46.2 Å². The predicted molar refractivity (Wildman–Crippen MR) is 75.4 cm³/mol. The first kappa shape index (κ1) is 13.6. The van der Waals surface area contributed by atoms with Crippen LogP contribution in [0, 0.1) is 5.41 Å². The van der Waals surface area contributed by atoms with Gasteiger partial charge in [0.05, 0.1) is 6.10 Å². The summed E-state index contributed by atoms with van der Waals surface area (Å²) in [6.45, 7) is 2.77. The minimum Gasteiger partial charge on any atom is -0.388 e. The number of aliphatic hydroxyl groups is 1. The molecule has 18 heavy (non-hydrogen) atoms. The highest BCUT2D eigenvalue weighted by atomic mass is 16.3. The van der Waals surface area contributed by atoms with Crippen molar-refractivity contribution in [1.29, 1.82) is 0 Å². The van der Waals surface area contributed by atoms with Crippen molar-refractivity contribution in [1.82, 2.24) is 0 Å². The Balaban J connectivity index is 2.14. The van der Waals surface area contributed by atoms with E-state index in [1.165, 1.54) is 18.4 Å². The molecule has 1 aliphatic rings. The van der Waals surface area contributed by atoms with E-state index in [0.717, 1.165) is 31.2 Å². The Kier molecular flexibility index (Phi) is 4.41. The fourth-order valence-electron chi connectivity index (χ4n) is 3.18. The van der Waals surface area contributed by atoms with Crippen molar-refractivity contribution in [2.24, 2.45) is 11.1 Å². The van der Waals surface area contributed by atoms with Crippen LogP contribution in [0.4, 0.5) is 0 Å². The molecule has 1 saturated carbocycles. The lowest BCUT2D eigenvalue weighted by Gasteiger charge is -2.33. The van der Waals surface area contributed by atoms with Gasteiger partial charge in [-0.2, -0.15) is 0 Å². The molecule has 0 aliphatic heterocycles. The van der Waals surface area contributed by atoms with Gasteiger partial charge >= 0.3 is 0 Å². The molecule has 2 heteroatoms. The van der Waals surface area contributed by atoms with E-state index < -0.39 is 6.10 Å². The van der Waals surface area contributed by atoms with Crippen LogP contribution in [0.5, 0.6) is 0 Å². The van der Waals surface area contributed by atoms with Crippen molar-refractivity contribution in [3.63, 3.8) is 0 Å². The molecule has 0 saturated heterocycles. The summed E-state index contributed by atoms with van der Waals surface area (Å²) in [4.78, 5) is 0. The Morgan fingerprint density at radius 2 is 1.83 bits per heavy atom. The zero-order valence-electron chi connectivity index (χ0n) is 11.4. The van der Waals surface area contributed by atoms with E-state index >= 15 is 0 Å². The molecule has 0 bridgehead atoms. The molecule has 3 N–H and O–H groups in total. The number of aliphatic hydroxyl groups excluding tert-OH is 1. The van der Waals surface area contributed by atoms with Gasteiger partial charge in [-0.3, -0.25) is 0 Å². The van der Waals surface area contributed by atoms with E-state index in [-0.39, 0.29) is 5.41 Å². The molecule has 2 nitrogen and oxygen atoms in total. The average Bonchev–Trinajstić information content (AvgIpc) is 2.89. The van der Waals surface area contributed by atoms with Gasteiger partial charge in [-0.1, -0.05) is 50.5 Å². The minimum absolute atomic E-state index is 0.0771. The van der Waals surface area contributed by atoms with E-state index in [0.29, 0.717) is 6.54 Å². The van der Waals surface area contributed by atoms with Gasteiger partial charge in [0, 0.05) is 12.0 Å². The standard InChI is InChI=1S/C16H25NO/c1-2-5-13-6-8-14(9-7-13)15(18)16(12-17)10-3-4-11-16/h6-9,15,18H,2-5,10-12,17H2,1H3/t15-/m1/s1. The van der Waals surface area contributed by atoms with Crippen LogP contribution in [0.25, 0.3) is 0 Å². The Bertz CT molecular complexity index is 365. The fraction of sp³-hybridized carbons (Fsp3) is 0.625. The smallest absolute Gasteiger partial charge is 0.0858 e. The first-order chi connectivity index (χ1) is 8.72. The Morgan fingerprint density at radius 1 is 1.22 bits per heavy atom. The Labute approximate surface area is 110 Å². The minimum atomic E-state index is -0.402. The van der Waals surface area contributed by atoms with Crippen LogP contribution in [0.1, 0.15) is 56.3 Å². The SMILES string of the molecule is CCCc1ccc([C@@H](O)C2(CN)CCCC2)cc1. The van der Waals surface area contributed by atoms with Gasteiger partial charge in [-0.25, -0.2) is 0 Å². The van der Waals surface area contributed by atoms with E-state index in [1.54, 1.807) is 0 Å². The molecule has 0 aromatic heterocycles. The maximum Gasteiger partial charge on any atom is 0.0858 e. The monoisotopic (exact) mass is 247 g/mol. The molecule has 1 aliphatic carbocycles. The highest BCUT2D eigenvalue weighted by Gasteiger charge is 2.39. The van der Waals surface area contributed by atoms with E-state index in [4.69, 9.17) is 5.73 Å². The Morgan fingerprint density at radius 3 is 2.33 bits per heavy atom. The van der Waals surface area contributed by atoms with Gasteiger partial charge in [0.2, 0.25) is 0 Å². The average molecular weight is 247 g/mol. The number of hydrogen-bond donors (Lipinski definition) is 2. The highest BCUT2D eigenvalue weighted by Crippen LogP contribution is 2.46. The number of benzene rings is 1. The predicted octanol–water partition coefficient (Wildman–Crippen LogP) is 3.19. The number of aryl methyl sites for hydroxylation is 1. The summed E-state index contributed by atoms with van der Waals surface area (Å²) in [5.74, 6) is 0. The molecule has 0 amide bonds. The molecule has 1 aromatic carbocycles. The van der Waals surface area contributed by atoms with Gasteiger partial charge in [0.1, 0.15) is 0 Å². The van der Waals surface area contributed by atoms with Crippen molar-refractivity contribution in [2.45, 2.75) is 51.6 Å². The summed E-state index contributed by atoms with van der Waals surface area (Å²) in [7, 11) is 0. The lowest BCUT2D eigenvalue weighted by Crippen LogP contribution is -2.34. The molecule has 0 heterocycles. The third kappa shape index (κ3) is 2.60. The zero-order chi connectivity index (χ0) is 13.0. The second-order valence-corrected chi connectivity index (χ2v) is 5.67. The Hall–Kier alpha value is -0.860. The lowest BCUT2D eigenvalue weighted by molar-refractivity contribution is 0.0333. The fourth-order valence-corrected chi connectivity index (χ4v) is 3.18. The molecule has 1 aromatic rings. The van der Waals surface area contributed by atoms with Crippen molar-refractivity contribution in [3.8, 4) is 0 Å². The number of nitrogens with two attached hydrogens (primary N) is 1. The van der Waals surface area contributed by atoms with Crippen LogP contribution < -0.4 is 5.73 Å². The molecule has 0 unspecified atom stereocenters. The summed E-state index contributed by atoms with van der Waals surface area (Å²) in [5, 5.41) is 10.6. The van der Waals surface area contributed by atoms with E-state index in [9.17, 15) is 5.11 Å². The first-order valence-electron chi connectivity index (χ1n) is 7.19. The molecule has 0 spiro atoms. The number of hydrogen-bond acceptors (Lipinski definition) is 2. The zero-order valence-corrected chi connectivity index (χ0v) is 11.4. The highest BCUT2D eigenvalue weighted by molar-refractivity contribution is 5.26. The van der Waals surface area contributed by atoms with Crippen molar-refractivity contribution in [3.05, 3.63) is 35.4 Å². The van der Waals surface area contributed by atoms with Crippen LogP contribution in [-0.4, -0.2) is 11.7 Å². The second kappa shape index (κ2) is 5.85. The van der Waals surface area contributed by atoms with Crippen molar-refractivity contribution in [2.75, 3.05) is 6.54 Å². The normalized spacial score (nSPS) is 19.9. The molecular formula is C16H25NO. The van der Waals surface area contributed by atoms with Gasteiger partial charge in [0.25, 0.3) is 0 Å². The second-order valence-electron chi connectivity index (χ2n) is 5.67. The summed E-state index contributed by atoms with van der Waals surface area (Å²) in [5.41, 5.74) is 8.23. The number of rotatable bonds is 5. The molecule has 1 fully saturated rings. The van der Waals surface area contributed by atoms with Crippen LogP contribution >= 0.6 is 0 Å². The quantitative estimate of drug-likeness (QED) is 0.839. The summed E-state index contributed by atoms with van der Waals surface area (Å²) in [6, 6.07) is 8.43. The van der Waals surface area contributed by atoms with Crippen LogP contribution in [0.2, 0.25) is 0 Å². The van der Waals surface area contributed by atoms with Gasteiger partial charge in [-0.15, -0.1) is 0 Å². The maximum absolute atomic E-state index is 10.6. The summed E-state index contributed by atoms with van der Waals surface area (Å²) in [6.07, 6.45) is 6.38. The lowest BCUT2D eigenvalue weighted by atomic mass is 9.77. The van der Waals surface area contributed by atoms with Crippen molar-refractivity contribution >= 4 is 0 Å². The van der Waals surface area contributed by atoms with Crippen LogP contribution in [0.15, 0.2) is 24.3 Å². The maximum atomic E-state index is 10.6. The molecule has 100 valence electrons. The molecule has 0 radical (unpaired) electrons. The van der Waals surface area contributed by atoms with Crippen LogP contribution in [0.3, 0.4) is 0 Å². The third-order valence-corrected chi connectivity index (χ3v) is 4.42. The summed E-state index contributed by atoms with van der Waals surface area (Å²) >= 11 is 0. The molecule has 1 atom stereocenters. The van der Waals surface area contributed by atoms with Gasteiger partial charge in [0.15, 0.2) is 0 Å². The largest absolute Gasteiger partial charge is 0.388 e. The van der Waals surface area contributed by atoms with E-state index in [2.05, 4.69) is 31.2 Å². The summed E-state index contributed by atoms with van der Waals surface area (Å²) < 4.78 is 0. The van der Waals surface area contributed by atoms with Crippen LogP contribution in [-0.2, 0) is 6.42 Å². The molecular weight excluding hydrogens is 222 g/mol. The third-order valence-electron chi connectivity index (χ3n) is 4.42. The first-order valence-corrected chi connectivity index (χ1v) is 7.19. The van der Waals surface area contributed by atoms with Crippen molar-refractivity contribution < 1.29 is 5.11 Å². The molecule has 2 rings (SSSR count). The van der Waals surface area contributed by atoms with E-state index in [1.807, 2.05) is 0 Å².